The van der Waals surface area contributed by atoms with E-state index in [1.54, 1.807) is 42.5 Å². The van der Waals surface area contributed by atoms with Gasteiger partial charge in [0.1, 0.15) is 5.75 Å². The molecule has 3 rings (SSSR count). The number of nitrogens with zero attached hydrogens (tertiary/aromatic N) is 1. The lowest BCUT2D eigenvalue weighted by Crippen LogP contribution is -2.19. The zero-order valence-corrected chi connectivity index (χ0v) is 17.5. The van der Waals surface area contributed by atoms with Gasteiger partial charge in [-0.15, -0.1) is 0 Å². The Balaban J connectivity index is 1.70. The zero-order valence-electron chi connectivity index (χ0n) is 15.1. The van der Waals surface area contributed by atoms with Crippen LogP contribution in [0.4, 0.5) is 0 Å². The van der Waals surface area contributed by atoms with E-state index in [4.69, 9.17) is 16.3 Å². The summed E-state index contributed by atoms with van der Waals surface area (Å²) in [5, 5.41) is 4.28. The van der Waals surface area contributed by atoms with Crippen molar-refractivity contribution in [1.82, 2.24) is 5.43 Å². The lowest BCUT2D eigenvalue weighted by molar-refractivity contribution is -0.120. The largest absolute Gasteiger partial charge is 0.422 e. The van der Waals surface area contributed by atoms with Crippen molar-refractivity contribution < 1.29 is 14.3 Å². The average molecular weight is 472 g/mol. The number of benzene rings is 3. The molecule has 5 nitrogen and oxygen atoms in total. The summed E-state index contributed by atoms with van der Waals surface area (Å²) in [7, 11) is 0. The van der Waals surface area contributed by atoms with Gasteiger partial charge in [0, 0.05) is 10.0 Å². The number of nitrogens with one attached hydrogen (secondary N) is 1. The molecule has 0 radical (unpaired) electrons. The van der Waals surface area contributed by atoms with Crippen molar-refractivity contribution in [2.75, 3.05) is 0 Å². The topological polar surface area (TPSA) is 67.8 Å². The number of halogens is 2. The highest BCUT2D eigenvalue weighted by atomic mass is 79.9. The maximum Gasteiger partial charge on any atom is 0.345 e. The summed E-state index contributed by atoms with van der Waals surface area (Å²) in [6.07, 6.45) is 1.63. The Morgan fingerprint density at radius 3 is 2.52 bits per heavy atom. The van der Waals surface area contributed by atoms with Crippen LogP contribution in [0.3, 0.4) is 0 Å². The van der Waals surface area contributed by atoms with E-state index in [-0.39, 0.29) is 17.9 Å². The third kappa shape index (κ3) is 6.01. The Morgan fingerprint density at radius 1 is 1.03 bits per heavy atom. The second-order valence-electron chi connectivity index (χ2n) is 6.01. The predicted molar refractivity (Wildman–Crippen MR) is 116 cm³/mol. The number of rotatable bonds is 6. The highest BCUT2D eigenvalue weighted by molar-refractivity contribution is 9.10. The van der Waals surface area contributed by atoms with Crippen LogP contribution in [-0.4, -0.2) is 18.1 Å². The van der Waals surface area contributed by atoms with Crippen LogP contribution in [0.5, 0.6) is 5.75 Å². The number of esters is 1. The van der Waals surface area contributed by atoms with Crippen LogP contribution in [0, 0.1) is 0 Å². The lowest BCUT2D eigenvalue weighted by Gasteiger charge is -2.09. The Bertz CT molecular complexity index is 1050. The average Bonchev–Trinajstić information content (AvgIpc) is 2.71. The van der Waals surface area contributed by atoms with E-state index in [0.717, 1.165) is 10.0 Å². The van der Waals surface area contributed by atoms with Crippen LogP contribution in [0.25, 0.3) is 0 Å². The molecule has 29 heavy (non-hydrogen) atoms. The molecule has 0 aliphatic rings. The van der Waals surface area contributed by atoms with Gasteiger partial charge in [0.25, 0.3) is 0 Å². The number of hydrazone groups is 1. The van der Waals surface area contributed by atoms with E-state index < -0.39 is 5.97 Å². The summed E-state index contributed by atoms with van der Waals surface area (Å²) >= 11 is 9.43. The van der Waals surface area contributed by atoms with Crippen molar-refractivity contribution in [3.8, 4) is 5.75 Å². The second kappa shape index (κ2) is 10.0. The van der Waals surface area contributed by atoms with Gasteiger partial charge in [-0.1, -0.05) is 70.0 Å². The van der Waals surface area contributed by atoms with Crippen molar-refractivity contribution in [3.05, 3.63) is 99.0 Å². The van der Waals surface area contributed by atoms with Crippen molar-refractivity contribution >= 4 is 45.6 Å². The van der Waals surface area contributed by atoms with Crippen LogP contribution < -0.4 is 10.2 Å². The van der Waals surface area contributed by atoms with Gasteiger partial charge in [-0.05, 0) is 35.9 Å². The number of ether oxygens (including phenoxy) is 1. The molecule has 3 aromatic carbocycles. The van der Waals surface area contributed by atoms with Gasteiger partial charge in [-0.2, -0.15) is 5.10 Å². The Labute approximate surface area is 181 Å². The Kier molecular flexibility index (Phi) is 7.16. The van der Waals surface area contributed by atoms with Gasteiger partial charge >= 0.3 is 5.97 Å². The van der Waals surface area contributed by atoms with E-state index in [1.807, 2.05) is 30.3 Å². The van der Waals surface area contributed by atoms with Gasteiger partial charge in [0.05, 0.1) is 23.2 Å². The van der Waals surface area contributed by atoms with Crippen molar-refractivity contribution in [2.45, 2.75) is 6.42 Å². The maximum atomic E-state index is 12.4. The minimum absolute atomic E-state index is 0.213. The SMILES string of the molecule is O=C(Cc1ccccc1)N/N=C/c1cc(Br)ccc1OC(=O)c1ccccc1Cl. The molecule has 0 bridgehead atoms. The summed E-state index contributed by atoms with van der Waals surface area (Å²) < 4.78 is 6.24. The zero-order chi connectivity index (χ0) is 20.6. The van der Waals surface area contributed by atoms with E-state index in [9.17, 15) is 9.59 Å². The third-order valence-corrected chi connectivity index (χ3v) is 4.69. The molecule has 0 spiro atoms. The molecule has 7 heteroatoms. The van der Waals surface area contributed by atoms with E-state index in [1.165, 1.54) is 6.21 Å². The van der Waals surface area contributed by atoms with Crippen LogP contribution >= 0.6 is 27.5 Å². The fraction of sp³-hybridized carbons (Fsp3) is 0.0455. The summed E-state index contributed by atoms with van der Waals surface area (Å²) in [5.74, 6) is -0.545. The molecule has 0 saturated carbocycles. The number of hydrogen-bond acceptors (Lipinski definition) is 4. The molecule has 3 aromatic rings. The molecule has 0 atom stereocenters. The van der Waals surface area contributed by atoms with Crippen LogP contribution in [0.2, 0.25) is 5.02 Å². The monoisotopic (exact) mass is 470 g/mol. The lowest BCUT2D eigenvalue weighted by atomic mass is 10.1. The molecule has 0 aliphatic carbocycles. The predicted octanol–water partition coefficient (Wildman–Crippen LogP) is 5.01. The molecule has 0 unspecified atom stereocenters. The molecule has 146 valence electrons. The first-order chi connectivity index (χ1) is 14.0. The van der Waals surface area contributed by atoms with Crippen LogP contribution in [0.15, 0.2) is 82.4 Å². The summed E-state index contributed by atoms with van der Waals surface area (Å²) in [4.78, 5) is 24.4. The standard InChI is InChI=1S/C22H16BrClN2O3/c23-17-10-11-20(29-22(28)18-8-4-5-9-19(18)24)16(13-17)14-25-26-21(27)12-15-6-2-1-3-7-15/h1-11,13-14H,12H2,(H,26,27)/b25-14+. The van der Waals surface area contributed by atoms with Gasteiger partial charge < -0.3 is 4.74 Å². The van der Waals surface area contributed by atoms with Crippen LogP contribution in [-0.2, 0) is 11.2 Å². The smallest absolute Gasteiger partial charge is 0.345 e. The highest BCUT2D eigenvalue weighted by Gasteiger charge is 2.14. The number of carbonyl (C=O) groups excluding carboxylic acids is 2. The van der Waals surface area contributed by atoms with E-state index in [2.05, 4.69) is 26.5 Å². The number of hydrogen-bond donors (Lipinski definition) is 1. The van der Waals surface area contributed by atoms with Crippen LogP contribution in [0.1, 0.15) is 21.5 Å². The first-order valence-corrected chi connectivity index (χ1v) is 9.82. The Hall–Kier alpha value is -2.96. The summed E-state index contributed by atoms with van der Waals surface area (Å²) in [6.45, 7) is 0. The molecule has 0 heterocycles. The molecular formula is C22H16BrClN2O3. The minimum atomic E-state index is -0.583. The summed E-state index contributed by atoms with van der Waals surface area (Å²) in [5.41, 5.74) is 4.13. The fourth-order valence-electron chi connectivity index (χ4n) is 2.49. The molecule has 1 amide bonds. The minimum Gasteiger partial charge on any atom is -0.422 e. The second-order valence-corrected chi connectivity index (χ2v) is 7.33. The molecule has 0 aliphatic heterocycles. The number of amides is 1. The van der Waals surface area contributed by atoms with Gasteiger partial charge in [0.2, 0.25) is 5.91 Å². The van der Waals surface area contributed by atoms with Gasteiger partial charge in [0.15, 0.2) is 0 Å². The first kappa shape index (κ1) is 20.8. The fourth-order valence-corrected chi connectivity index (χ4v) is 3.08. The van der Waals surface area contributed by atoms with Crippen molar-refractivity contribution in [1.29, 1.82) is 0 Å². The third-order valence-electron chi connectivity index (χ3n) is 3.87. The first-order valence-electron chi connectivity index (χ1n) is 8.65. The molecule has 0 fully saturated rings. The van der Waals surface area contributed by atoms with Gasteiger partial charge in [-0.3, -0.25) is 4.79 Å². The van der Waals surface area contributed by atoms with Gasteiger partial charge in [-0.25, -0.2) is 10.2 Å². The van der Waals surface area contributed by atoms with E-state index in [0.29, 0.717) is 16.3 Å². The molecule has 0 saturated heterocycles. The molecular weight excluding hydrogens is 456 g/mol. The van der Waals surface area contributed by atoms with Crippen molar-refractivity contribution in [2.24, 2.45) is 5.10 Å². The summed E-state index contributed by atoms with van der Waals surface area (Å²) in [6, 6.07) is 21.1. The quantitative estimate of drug-likeness (QED) is 0.238. The molecule has 0 aromatic heterocycles. The normalized spacial score (nSPS) is 10.7. The number of carbonyl (C=O) groups is 2. The highest BCUT2D eigenvalue weighted by Crippen LogP contribution is 2.24. The van der Waals surface area contributed by atoms with Crippen molar-refractivity contribution in [3.63, 3.8) is 0 Å². The van der Waals surface area contributed by atoms with E-state index >= 15 is 0 Å². The molecule has 1 N–H and O–H groups in total. The Morgan fingerprint density at radius 2 is 1.76 bits per heavy atom. The maximum absolute atomic E-state index is 12.4.